The molecule has 0 aliphatic rings. The molecule has 2 heterocycles. The van der Waals surface area contributed by atoms with Gasteiger partial charge in [0.25, 0.3) is 0 Å². The number of thiazole rings is 1. The van der Waals surface area contributed by atoms with Crippen LogP contribution in [0.15, 0.2) is 41.4 Å². The van der Waals surface area contributed by atoms with Crippen molar-refractivity contribution in [2.45, 2.75) is 33.3 Å². The first-order valence-corrected chi connectivity index (χ1v) is 10.7. The number of aryl methyl sites for hydroxylation is 1. The van der Waals surface area contributed by atoms with Gasteiger partial charge >= 0.3 is 12.1 Å². The number of carbonyl (C=O) groups excluding carboxylic acids is 1. The number of carbonyl (C=O) groups is 2. The third-order valence-electron chi connectivity index (χ3n) is 3.87. The van der Waals surface area contributed by atoms with Crippen molar-refractivity contribution in [3.05, 3.63) is 51.0 Å². The van der Waals surface area contributed by atoms with Gasteiger partial charge in [-0.05, 0) is 33.8 Å². The minimum Gasteiger partial charge on any atom is -0.477 e. The molecule has 0 unspecified atom stereocenters. The molecular weight excluding hydrogens is 422 g/mol. The summed E-state index contributed by atoms with van der Waals surface area (Å²) in [5.74, 6) is -0.987. The molecule has 0 saturated carbocycles. The molecule has 156 valence electrons. The summed E-state index contributed by atoms with van der Waals surface area (Å²) in [6, 6.07) is 10.9. The highest BCUT2D eigenvalue weighted by molar-refractivity contribution is 7.18. The molecule has 0 aliphatic heterocycles. The quantitative estimate of drug-likeness (QED) is 0.424. The van der Waals surface area contributed by atoms with E-state index < -0.39 is 17.7 Å². The van der Waals surface area contributed by atoms with Crippen LogP contribution in [0.25, 0.3) is 21.8 Å². The van der Waals surface area contributed by atoms with E-state index >= 15 is 0 Å². The normalized spacial score (nSPS) is 12.1. The monoisotopic (exact) mass is 443 g/mol. The Labute approximate surface area is 181 Å². The van der Waals surface area contributed by atoms with Crippen molar-refractivity contribution >= 4 is 40.6 Å². The van der Waals surface area contributed by atoms with Gasteiger partial charge in [-0.3, -0.25) is 0 Å². The predicted molar refractivity (Wildman–Crippen MR) is 120 cm³/mol. The van der Waals surface area contributed by atoms with Crippen LogP contribution in [-0.4, -0.2) is 33.6 Å². The van der Waals surface area contributed by atoms with Gasteiger partial charge in [-0.1, -0.05) is 30.3 Å². The second-order valence-electron chi connectivity index (χ2n) is 7.43. The maximum absolute atomic E-state index is 11.9. The van der Waals surface area contributed by atoms with Gasteiger partial charge in [0.05, 0.1) is 10.6 Å². The fourth-order valence-corrected chi connectivity index (χ4v) is 4.62. The van der Waals surface area contributed by atoms with Crippen LogP contribution < -0.4 is 5.73 Å². The number of amides is 1. The van der Waals surface area contributed by atoms with Crippen LogP contribution in [-0.2, 0) is 4.74 Å². The summed E-state index contributed by atoms with van der Waals surface area (Å²) in [6.45, 7) is 7.12. The molecule has 2 aromatic heterocycles. The van der Waals surface area contributed by atoms with Crippen LogP contribution in [0.5, 0.6) is 0 Å². The number of nitrogens with two attached hydrogens (primary N) is 1. The number of benzene rings is 1. The highest BCUT2D eigenvalue weighted by atomic mass is 32.1. The SMILES string of the molecule is Cc1sc(C(N)=NC(=O)OC(C)(C)C)cc1-c1nc(-c2ccccc2)c(C(=O)O)s1. The van der Waals surface area contributed by atoms with Crippen molar-refractivity contribution < 1.29 is 19.4 Å². The van der Waals surface area contributed by atoms with E-state index in [1.165, 1.54) is 11.3 Å². The van der Waals surface area contributed by atoms with E-state index in [4.69, 9.17) is 10.5 Å². The van der Waals surface area contributed by atoms with E-state index in [9.17, 15) is 14.7 Å². The van der Waals surface area contributed by atoms with Gasteiger partial charge in [0.2, 0.25) is 0 Å². The Morgan fingerprint density at radius 3 is 2.43 bits per heavy atom. The third-order valence-corrected chi connectivity index (χ3v) is 6.02. The predicted octanol–water partition coefficient (Wildman–Crippen LogP) is 5.19. The van der Waals surface area contributed by atoms with Crippen LogP contribution in [0.3, 0.4) is 0 Å². The maximum Gasteiger partial charge on any atom is 0.436 e. The van der Waals surface area contributed by atoms with Crippen molar-refractivity contribution in [2.24, 2.45) is 10.7 Å². The summed E-state index contributed by atoms with van der Waals surface area (Å²) in [4.78, 5) is 33.7. The zero-order valence-corrected chi connectivity index (χ0v) is 18.6. The Balaban J connectivity index is 1.98. The second-order valence-corrected chi connectivity index (χ2v) is 9.68. The van der Waals surface area contributed by atoms with Gasteiger partial charge in [0, 0.05) is 16.0 Å². The van der Waals surface area contributed by atoms with Gasteiger partial charge in [0.15, 0.2) is 0 Å². The average molecular weight is 444 g/mol. The molecule has 0 aliphatic carbocycles. The molecule has 0 spiro atoms. The zero-order valence-electron chi connectivity index (χ0n) is 16.9. The van der Waals surface area contributed by atoms with Crippen molar-refractivity contribution in [2.75, 3.05) is 0 Å². The summed E-state index contributed by atoms with van der Waals surface area (Å²) in [5.41, 5.74) is 7.24. The van der Waals surface area contributed by atoms with Crippen LogP contribution in [0.2, 0.25) is 0 Å². The highest BCUT2D eigenvalue weighted by Crippen LogP contribution is 2.38. The first-order chi connectivity index (χ1) is 14.0. The van der Waals surface area contributed by atoms with E-state index in [-0.39, 0.29) is 10.7 Å². The van der Waals surface area contributed by atoms with Gasteiger partial charge in [0.1, 0.15) is 21.3 Å². The Morgan fingerprint density at radius 1 is 1.17 bits per heavy atom. The summed E-state index contributed by atoms with van der Waals surface area (Å²) < 4.78 is 5.17. The van der Waals surface area contributed by atoms with Crippen LogP contribution >= 0.6 is 22.7 Å². The van der Waals surface area contributed by atoms with E-state index in [0.29, 0.717) is 15.6 Å². The molecule has 7 nitrogen and oxygen atoms in total. The van der Waals surface area contributed by atoms with Gasteiger partial charge in [-0.25, -0.2) is 14.6 Å². The molecule has 0 atom stereocenters. The molecule has 3 aromatic rings. The molecule has 9 heteroatoms. The van der Waals surface area contributed by atoms with E-state index in [1.54, 1.807) is 26.8 Å². The first-order valence-electron chi connectivity index (χ1n) is 9.03. The smallest absolute Gasteiger partial charge is 0.436 e. The lowest BCUT2D eigenvalue weighted by atomic mass is 10.1. The number of hydrogen-bond acceptors (Lipinski definition) is 6. The Hall–Kier alpha value is -3.04. The summed E-state index contributed by atoms with van der Waals surface area (Å²) in [6.07, 6.45) is -0.763. The van der Waals surface area contributed by atoms with Gasteiger partial charge < -0.3 is 15.6 Å². The standard InChI is InChI=1S/C21H21N3O4S2/c1-11-13(10-14(29-11)17(22)24-20(27)28-21(2,3)4)18-23-15(16(30-18)19(25)26)12-8-6-5-7-9-12/h5-10H,1-4H3,(H,25,26)(H2,22,24,27). The number of nitrogens with zero attached hydrogens (tertiary/aromatic N) is 2. The molecule has 30 heavy (non-hydrogen) atoms. The number of aliphatic imine (C=N–C) groups is 1. The number of aromatic carboxylic acids is 1. The number of aromatic nitrogens is 1. The van der Waals surface area contributed by atoms with Gasteiger partial charge in [-0.15, -0.1) is 22.7 Å². The third kappa shape index (κ3) is 4.92. The van der Waals surface area contributed by atoms with Crippen LogP contribution in [0.4, 0.5) is 4.79 Å². The van der Waals surface area contributed by atoms with Crippen LogP contribution in [0, 0.1) is 6.92 Å². The minimum atomic E-state index is -1.03. The van der Waals surface area contributed by atoms with Crippen LogP contribution in [0.1, 0.15) is 40.2 Å². The topological polar surface area (TPSA) is 115 Å². The fraction of sp³-hybridized carbons (Fsp3) is 0.238. The Bertz CT molecular complexity index is 1130. The maximum atomic E-state index is 11.9. The number of carboxylic acid groups (broad SMARTS) is 1. The number of rotatable bonds is 4. The number of carboxylic acids is 1. The number of hydrogen-bond donors (Lipinski definition) is 2. The Morgan fingerprint density at radius 2 is 1.83 bits per heavy atom. The summed E-state index contributed by atoms with van der Waals surface area (Å²) in [7, 11) is 0. The minimum absolute atomic E-state index is 0.0434. The summed E-state index contributed by atoms with van der Waals surface area (Å²) in [5, 5.41) is 10.2. The Kier molecular flexibility index (Phi) is 6.04. The lowest BCUT2D eigenvalue weighted by Gasteiger charge is -2.17. The first kappa shape index (κ1) is 21.7. The molecule has 3 rings (SSSR count). The molecule has 1 aromatic carbocycles. The van der Waals surface area contributed by atoms with E-state index in [0.717, 1.165) is 27.3 Å². The molecule has 1 amide bonds. The molecule has 0 fully saturated rings. The van der Waals surface area contributed by atoms with Crippen molar-refractivity contribution in [3.63, 3.8) is 0 Å². The number of amidine groups is 1. The average Bonchev–Trinajstić information content (AvgIpc) is 3.24. The molecule has 0 radical (unpaired) electrons. The largest absolute Gasteiger partial charge is 0.477 e. The molecular formula is C21H21N3O4S2. The van der Waals surface area contributed by atoms with Crippen molar-refractivity contribution in [1.82, 2.24) is 4.98 Å². The highest BCUT2D eigenvalue weighted by Gasteiger charge is 2.22. The van der Waals surface area contributed by atoms with E-state index in [1.807, 2.05) is 37.3 Å². The summed E-state index contributed by atoms with van der Waals surface area (Å²) >= 11 is 2.45. The second kappa shape index (κ2) is 8.37. The molecule has 0 bridgehead atoms. The lowest BCUT2D eigenvalue weighted by Crippen LogP contribution is -2.24. The van der Waals surface area contributed by atoms with Gasteiger partial charge in [-0.2, -0.15) is 4.99 Å². The lowest BCUT2D eigenvalue weighted by molar-refractivity contribution is 0.0603. The van der Waals surface area contributed by atoms with E-state index in [2.05, 4.69) is 9.98 Å². The molecule has 0 saturated heterocycles. The fourth-order valence-electron chi connectivity index (χ4n) is 2.63. The zero-order chi connectivity index (χ0) is 22.1. The number of ether oxygens (including phenoxy) is 1. The number of thiophene rings is 1. The van der Waals surface area contributed by atoms with Crippen molar-refractivity contribution in [1.29, 1.82) is 0 Å². The van der Waals surface area contributed by atoms with Crippen molar-refractivity contribution in [3.8, 4) is 21.8 Å². The molecule has 3 N–H and O–H groups in total.